The van der Waals surface area contributed by atoms with Gasteiger partial charge in [-0.3, -0.25) is 9.59 Å². The highest BCUT2D eigenvalue weighted by atomic mass is 16.5. The average Bonchev–Trinajstić information content (AvgIpc) is 3.35. The van der Waals surface area contributed by atoms with Gasteiger partial charge in [-0.2, -0.15) is 0 Å². The lowest BCUT2D eigenvalue weighted by Crippen LogP contribution is -2.52. The van der Waals surface area contributed by atoms with Crippen molar-refractivity contribution in [1.82, 2.24) is 10.2 Å². The van der Waals surface area contributed by atoms with Crippen LogP contribution in [-0.4, -0.2) is 49.6 Å². The van der Waals surface area contributed by atoms with E-state index in [0.717, 1.165) is 31.2 Å². The minimum atomic E-state index is -0.568. The molecule has 0 aliphatic heterocycles. The zero-order chi connectivity index (χ0) is 23.6. The van der Waals surface area contributed by atoms with Crippen LogP contribution in [0.15, 0.2) is 48.5 Å². The van der Waals surface area contributed by atoms with E-state index in [0.29, 0.717) is 30.2 Å². The van der Waals surface area contributed by atoms with Crippen molar-refractivity contribution in [2.75, 3.05) is 20.8 Å². The maximum absolute atomic E-state index is 13.3. The summed E-state index contributed by atoms with van der Waals surface area (Å²) >= 11 is 0. The molecule has 178 valence electrons. The first-order valence-corrected chi connectivity index (χ1v) is 11.5. The minimum Gasteiger partial charge on any atom is -0.496 e. The highest BCUT2D eigenvalue weighted by Gasteiger charge is 2.30. The summed E-state index contributed by atoms with van der Waals surface area (Å²) in [7, 11) is 3.11. The first-order valence-electron chi connectivity index (χ1n) is 11.5. The van der Waals surface area contributed by atoms with Gasteiger partial charge in [0.1, 0.15) is 23.3 Å². The van der Waals surface area contributed by atoms with Crippen LogP contribution in [0.4, 0.5) is 0 Å². The summed E-state index contributed by atoms with van der Waals surface area (Å²) in [5.74, 6) is 1.24. The third-order valence-electron chi connectivity index (χ3n) is 5.97. The van der Waals surface area contributed by atoms with Crippen LogP contribution < -0.4 is 19.5 Å². The van der Waals surface area contributed by atoms with Crippen LogP contribution in [0.2, 0.25) is 0 Å². The number of carbonyl (C=O) groups excluding carboxylic acids is 2. The fourth-order valence-electron chi connectivity index (χ4n) is 4.16. The van der Waals surface area contributed by atoms with Crippen molar-refractivity contribution in [2.45, 2.75) is 57.7 Å². The molecule has 33 heavy (non-hydrogen) atoms. The van der Waals surface area contributed by atoms with E-state index in [9.17, 15) is 9.59 Å². The summed E-state index contributed by atoms with van der Waals surface area (Å²) in [4.78, 5) is 28.1. The number of hydrogen-bond donors (Lipinski definition) is 1. The Balaban J connectivity index is 1.76. The van der Waals surface area contributed by atoms with Crippen molar-refractivity contribution in [3.8, 4) is 17.2 Å². The molecule has 1 fully saturated rings. The molecule has 0 aromatic heterocycles. The molecule has 1 saturated carbocycles. The van der Waals surface area contributed by atoms with Crippen molar-refractivity contribution in [1.29, 1.82) is 0 Å². The number of ether oxygens (including phenoxy) is 3. The number of nitrogens with one attached hydrogen (secondary N) is 1. The molecule has 3 rings (SSSR count). The minimum absolute atomic E-state index is 0.100. The van der Waals surface area contributed by atoms with E-state index in [1.165, 1.54) is 0 Å². The van der Waals surface area contributed by atoms with Gasteiger partial charge in [0.2, 0.25) is 5.91 Å². The van der Waals surface area contributed by atoms with Crippen LogP contribution in [0.3, 0.4) is 0 Å². The largest absolute Gasteiger partial charge is 0.496 e. The lowest BCUT2D eigenvalue weighted by Gasteiger charge is -2.31. The van der Waals surface area contributed by atoms with Crippen molar-refractivity contribution in [3.63, 3.8) is 0 Å². The molecule has 7 heteroatoms. The summed E-state index contributed by atoms with van der Waals surface area (Å²) in [6.07, 6.45) is 4.77. The van der Waals surface area contributed by atoms with Gasteiger partial charge in [-0.25, -0.2) is 0 Å². The van der Waals surface area contributed by atoms with Crippen molar-refractivity contribution < 1.29 is 23.8 Å². The zero-order valence-corrected chi connectivity index (χ0v) is 19.7. The highest BCUT2D eigenvalue weighted by Crippen LogP contribution is 2.27. The molecule has 1 N–H and O–H groups in total. The molecule has 0 spiro atoms. The van der Waals surface area contributed by atoms with Crippen molar-refractivity contribution in [2.24, 2.45) is 0 Å². The van der Waals surface area contributed by atoms with Gasteiger partial charge in [0.05, 0.1) is 14.2 Å². The van der Waals surface area contributed by atoms with E-state index >= 15 is 0 Å². The Morgan fingerprint density at radius 2 is 1.61 bits per heavy atom. The molecule has 0 bridgehead atoms. The number of rotatable bonds is 11. The third-order valence-corrected chi connectivity index (χ3v) is 5.97. The maximum Gasteiger partial charge on any atom is 0.261 e. The number of benzene rings is 2. The molecule has 0 saturated heterocycles. The fourth-order valence-corrected chi connectivity index (χ4v) is 4.16. The van der Waals surface area contributed by atoms with Crippen LogP contribution in [-0.2, 0) is 16.1 Å². The summed E-state index contributed by atoms with van der Waals surface area (Å²) in [6.45, 7) is 2.06. The molecule has 1 aliphatic carbocycles. The average molecular weight is 455 g/mol. The van der Waals surface area contributed by atoms with Crippen LogP contribution in [0.5, 0.6) is 17.2 Å². The zero-order valence-electron chi connectivity index (χ0n) is 19.7. The quantitative estimate of drug-likeness (QED) is 0.556. The van der Waals surface area contributed by atoms with E-state index < -0.39 is 6.04 Å². The van der Waals surface area contributed by atoms with Gasteiger partial charge < -0.3 is 24.4 Å². The first kappa shape index (κ1) is 24.4. The molecule has 2 amide bonds. The van der Waals surface area contributed by atoms with E-state index in [1.54, 1.807) is 37.3 Å². The predicted molar refractivity (Wildman–Crippen MR) is 127 cm³/mol. The normalized spacial score (nSPS) is 14.4. The van der Waals surface area contributed by atoms with Gasteiger partial charge in [0.15, 0.2) is 6.61 Å². The smallest absolute Gasteiger partial charge is 0.261 e. The van der Waals surface area contributed by atoms with Crippen LogP contribution >= 0.6 is 0 Å². The Labute approximate surface area is 196 Å². The molecule has 2 aromatic carbocycles. The van der Waals surface area contributed by atoms with E-state index in [4.69, 9.17) is 14.2 Å². The Hall–Kier alpha value is -3.22. The number of hydrogen-bond acceptors (Lipinski definition) is 5. The monoisotopic (exact) mass is 454 g/mol. The predicted octanol–water partition coefficient (Wildman–Crippen LogP) is 3.95. The topological polar surface area (TPSA) is 77.1 Å². The summed E-state index contributed by atoms with van der Waals surface area (Å²) in [6, 6.07) is 14.4. The molecule has 0 heterocycles. The second-order valence-corrected chi connectivity index (χ2v) is 8.26. The summed E-state index contributed by atoms with van der Waals surface area (Å²) in [5.41, 5.74) is 0.959. The number of carbonyl (C=O) groups is 2. The number of nitrogens with zero attached hydrogens (tertiary/aromatic N) is 1. The van der Waals surface area contributed by atoms with Crippen LogP contribution in [0, 0.1) is 0 Å². The van der Waals surface area contributed by atoms with E-state index in [-0.39, 0.29) is 24.5 Å². The first-order chi connectivity index (χ1) is 16.0. The SMILES string of the molecule is CCC(C(=O)NC1CCCC1)N(Cc1ccccc1)C(=O)COc1cc(OC)cc(OC)c1. The number of amides is 2. The highest BCUT2D eigenvalue weighted by molar-refractivity contribution is 5.88. The Kier molecular flexibility index (Phi) is 8.98. The lowest BCUT2D eigenvalue weighted by atomic mass is 10.1. The van der Waals surface area contributed by atoms with Gasteiger partial charge in [-0.05, 0) is 24.8 Å². The van der Waals surface area contributed by atoms with Gasteiger partial charge >= 0.3 is 0 Å². The van der Waals surface area contributed by atoms with Gasteiger partial charge in [0.25, 0.3) is 5.91 Å². The van der Waals surface area contributed by atoms with Crippen molar-refractivity contribution in [3.05, 3.63) is 54.1 Å². The number of methoxy groups -OCH3 is 2. The Bertz CT molecular complexity index is 890. The third kappa shape index (κ3) is 6.88. The Morgan fingerprint density at radius 3 is 2.18 bits per heavy atom. The molecule has 7 nitrogen and oxygen atoms in total. The standard InChI is InChI=1S/C26H34N2O5/c1-4-24(26(30)27-20-12-8-9-13-20)28(17-19-10-6-5-7-11-19)25(29)18-33-23-15-21(31-2)14-22(16-23)32-3/h5-7,10-11,14-16,20,24H,4,8-9,12-13,17-18H2,1-3H3,(H,27,30). The fraction of sp³-hybridized carbons (Fsp3) is 0.462. The molecule has 1 atom stereocenters. The van der Waals surface area contributed by atoms with Crippen LogP contribution in [0.25, 0.3) is 0 Å². The van der Waals surface area contributed by atoms with Crippen molar-refractivity contribution >= 4 is 11.8 Å². The maximum atomic E-state index is 13.3. The second-order valence-electron chi connectivity index (χ2n) is 8.26. The molecular weight excluding hydrogens is 420 g/mol. The summed E-state index contributed by atoms with van der Waals surface area (Å²) in [5, 5.41) is 3.15. The second kappa shape index (κ2) is 12.1. The molecule has 0 radical (unpaired) electrons. The van der Waals surface area contributed by atoms with Gasteiger partial charge in [0, 0.05) is 30.8 Å². The molecular formula is C26H34N2O5. The molecule has 2 aromatic rings. The summed E-state index contributed by atoms with van der Waals surface area (Å²) < 4.78 is 16.3. The molecule has 1 unspecified atom stereocenters. The van der Waals surface area contributed by atoms with Crippen LogP contribution in [0.1, 0.15) is 44.6 Å². The lowest BCUT2D eigenvalue weighted by molar-refractivity contribution is -0.143. The van der Waals surface area contributed by atoms with Gasteiger partial charge in [-0.1, -0.05) is 50.1 Å². The van der Waals surface area contributed by atoms with E-state index in [1.807, 2.05) is 37.3 Å². The van der Waals surface area contributed by atoms with E-state index in [2.05, 4.69) is 5.32 Å². The Morgan fingerprint density at radius 1 is 1.00 bits per heavy atom. The molecule has 1 aliphatic rings. The van der Waals surface area contributed by atoms with Gasteiger partial charge in [-0.15, -0.1) is 0 Å².